The topological polar surface area (TPSA) is 91.8 Å². The molecular formula is C31H32N4O4. The van der Waals surface area contributed by atoms with Gasteiger partial charge in [-0.1, -0.05) is 36.4 Å². The van der Waals surface area contributed by atoms with Crippen molar-refractivity contribution in [3.05, 3.63) is 70.9 Å². The number of likely N-dealkylation sites (tertiary alicyclic amines) is 1. The van der Waals surface area contributed by atoms with Crippen LogP contribution < -0.4 is 10.2 Å². The Hall–Kier alpha value is -3.62. The fraction of sp³-hybridized carbons (Fsp3) is 0.419. The predicted molar refractivity (Wildman–Crippen MR) is 146 cm³/mol. The molecule has 200 valence electrons. The van der Waals surface area contributed by atoms with Crippen molar-refractivity contribution in [1.29, 1.82) is 0 Å². The number of pyridine rings is 1. The maximum absolute atomic E-state index is 13.7. The minimum atomic E-state index is -1.05. The lowest BCUT2D eigenvalue weighted by molar-refractivity contribution is -0.134. The Morgan fingerprint density at radius 3 is 2.62 bits per heavy atom. The van der Waals surface area contributed by atoms with Gasteiger partial charge in [0.15, 0.2) is 0 Å². The van der Waals surface area contributed by atoms with Gasteiger partial charge >= 0.3 is 0 Å². The summed E-state index contributed by atoms with van der Waals surface area (Å²) < 4.78 is 40.5. The molecule has 2 aromatic carbocycles. The third-order valence-corrected chi connectivity index (χ3v) is 8.65. The van der Waals surface area contributed by atoms with Crippen LogP contribution in [0.4, 0.5) is 5.69 Å². The summed E-state index contributed by atoms with van der Waals surface area (Å²) in [5.74, 6) is -1.78. The highest BCUT2D eigenvalue weighted by Crippen LogP contribution is 2.40. The molecule has 1 aromatic heterocycles. The number of ether oxygens (including phenoxy) is 1. The highest BCUT2D eigenvalue weighted by atomic mass is 16.5. The van der Waals surface area contributed by atoms with E-state index in [0.717, 1.165) is 62.4 Å². The van der Waals surface area contributed by atoms with E-state index in [4.69, 9.17) is 10.2 Å². The van der Waals surface area contributed by atoms with Crippen LogP contribution in [0.5, 0.6) is 0 Å². The van der Waals surface area contributed by atoms with Crippen LogP contribution >= 0.6 is 0 Å². The van der Waals surface area contributed by atoms with E-state index in [2.05, 4.69) is 27.3 Å². The van der Waals surface area contributed by atoms with Crippen molar-refractivity contribution in [1.82, 2.24) is 15.2 Å². The lowest BCUT2D eigenvalue weighted by atomic mass is 9.88. The molecule has 0 saturated carbocycles. The molecule has 4 aliphatic heterocycles. The second-order valence-electron chi connectivity index (χ2n) is 11.1. The number of hydrogen-bond acceptors (Lipinski definition) is 6. The Labute approximate surface area is 232 Å². The molecule has 0 radical (unpaired) electrons. The van der Waals surface area contributed by atoms with Crippen LogP contribution in [-0.4, -0.2) is 58.9 Å². The van der Waals surface area contributed by atoms with Crippen molar-refractivity contribution in [2.45, 2.75) is 63.1 Å². The summed E-state index contributed by atoms with van der Waals surface area (Å²) in [7, 11) is 0. The van der Waals surface area contributed by atoms with Crippen molar-refractivity contribution >= 4 is 34.2 Å². The van der Waals surface area contributed by atoms with Gasteiger partial charge in [0.1, 0.15) is 6.04 Å². The second kappa shape index (κ2) is 9.54. The van der Waals surface area contributed by atoms with Crippen LogP contribution in [0.25, 0.3) is 10.8 Å². The van der Waals surface area contributed by atoms with Crippen molar-refractivity contribution in [3.8, 4) is 0 Å². The van der Waals surface area contributed by atoms with Crippen molar-refractivity contribution in [2.24, 2.45) is 0 Å². The average molecular weight is 529 g/mol. The van der Waals surface area contributed by atoms with E-state index >= 15 is 0 Å². The molecule has 3 fully saturated rings. The Balaban J connectivity index is 1.18. The number of carbonyl (C=O) groups is 3. The number of nitrogens with zero attached hydrogens (tertiary/aromatic N) is 3. The first-order chi connectivity index (χ1) is 20.7. The fourth-order valence-electron chi connectivity index (χ4n) is 6.48. The highest BCUT2D eigenvalue weighted by Gasteiger charge is 2.41. The van der Waals surface area contributed by atoms with E-state index < -0.39 is 35.8 Å². The number of imide groups is 1. The molecule has 7 rings (SSSR count). The van der Waals surface area contributed by atoms with Crippen LogP contribution in [0, 0.1) is 0 Å². The lowest BCUT2D eigenvalue weighted by Crippen LogP contribution is -2.53. The zero-order chi connectivity index (χ0) is 30.0. The lowest BCUT2D eigenvalue weighted by Gasteiger charge is -2.38. The van der Waals surface area contributed by atoms with E-state index in [1.807, 2.05) is 12.1 Å². The quantitative estimate of drug-likeness (QED) is 0.508. The first-order valence-electron chi connectivity index (χ1n) is 15.7. The van der Waals surface area contributed by atoms with Crippen LogP contribution in [0.15, 0.2) is 48.6 Å². The summed E-state index contributed by atoms with van der Waals surface area (Å²) in [6, 6.07) is 6.02. The van der Waals surface area contributed by atoms with Gasteiger partial charge in [-0.15, -0.1) is 0 Å². The molecule has 3 aromatic rings. The SMILES string of the molecule is [2H]c1nc(Cc2ccc(CN3CCC4(CCCO4)CC3)cc2)c2c([2H])c([2H])c([2H])c3c2c1N(C1CCC(=O)NC1=O)C3=O. The summed E-state index contributed by atoms with van der Waals surface area (Å²) in [4.78, 5) is 46.2. The molecule has 3 saturated heterocycles. The minimum Gasteiger partial charge on any atom is -0.375 e. The first-order valence-corrected chi connectivity index (χ1v) is 13.7. The maximum atomic E-state index is 13.7. The number of nitrogens with one attached hydrogen (secondary N) is 1. The molecule has 0 bridgehead atoms. The minimum absolute atomic E-state index is 0.0303. The monoisotopic (exact) mass is 528 g/mol. The highest BCUT2D eigenvalue weighted by molar-refractivity contribution is 6.27. The molecule has 0 aliphatic carbocycles. The number of anilines is 1. The van der Waals surface area contributed by atoms with Crippen LogP contribution in [-0.2, 0) is 27.3 Å². The van der Waals surface area contributed by atoms with Crippen LogP contribution in [0.3, 0.4) is 0 Å². The number of amides is 3. The first kappa shape index (κ1) is 20.3. The third-order valence-electron chi connectivity index (χ3n) is 8.65. The summed E-state index contributed by atoms with van der Waals surface area (Å²) in [6.07, 6.45) is 4.56. The maximum Gasteiger partial charge on any atom is 0.259 e. The number of carbonyl (C=O) groups excluding carboxylic acids is 3. The Morgan fingerprint density at radius 2 is 1.87 bits per heavy atom. The molecular weight excluding hydrogens is 492 g/mol. The second-order valence-corrected chi connectivity index (χ2v) is 11.1. The van der Waals surface area contributed by atoms with Crippen LogP contribution in [0.1, 0.15) is 71.2 Å². The number of aromatic nitrogens is 1. The van der Waals surface area contributed by atoms with Crippen molar-refractivity contribution in [3.63, 3.8) is 0 Å². The van der Waals surface area contributed by atoms with Crippen molar-refractivity contribution in [2.75, 3.05) is 24.6 Å². The molecule has 39 heavy (non-hydrogen) atoms. The van der Waals surface area contributed by atoms with E-state index in [0.29, 0.717) is 5.69 Å². The normalized spacial score (nSPS) is 24.2. The molecule has 8 heteroatoms. The standard InChI is InChI=1S/C31H32N4O4/c36-27-10-9-25(29(37)33-27)35-26-18-32-24(22-3-1-4-23(28(22)26)30(35)38)17-20-5-7-21(8-6-20)19-34-14-12-31(13-15-34)11-2-16-39-31/h1,3-8,18,25H,2,9-17,19H2,(H,33,36,37)/i1D,3D,4D,18D. The summed E-state index contributed by atoms with van der Waals surface area (Å²) in [5.41, 5.74) is 2.49. The summed E-state index contributed by atoms with van der Waals surface area (Å²) >= 11 is 0. The zero-order valence-corrected chi connectivity index (χ0v) is 21.6. The summed E-state index contributed by atoms with van der Waals surface area (Å²) in [5, 5.41) is 2.70. The smallest absolute Gasteiger partial charge is 0.259 e. The van der Waals surface area contributed by atoms with E-state index in [-0.39, 0.29) is 59.1 Å². The predicted octanol–water partition coefficient (Wildman–Crippen LogP) is 3.74. The molecule has 1 atom stereocenters. The van der Waals surface area contributed by atoms with Gasteiger partial charge in [-0.25, -0.2) is 0 Å². The Morgan fingerprint density at radius 1 is 1.08 bits per heavy atom. The average Bonchev–Trinajstić information content (AvgIpc) is 3.56. The van der Waals surface area contributed by atoms with Gasteiger partial charge in [-0.2, -0.15) is 0 Å². The van der Waals surface area contributed by atoms with Gasteiger partial charge in [0.25, 0.3) is 5.91 Å². The molecule has 3 amide bonds. The molecule has 5 heterocycles. The number of piperidine rings is 2. The van der Waals surface area contributed by atoms with Gasteiger partial charge < -0.3 is 4.74 Å². The van der Waals surface area contributed by atoms with Crippen LogP contribution in [0.2, 0.25) is 0 Å². The number of benzene rings is 2. The Bertz CT molecular complexity index is 1680. The number of hydrogen-bond donors (Lipinski definition) is 1. The van der Waals surface area contributed by atoms with E-state index in [1.165, 1.54) is 5.56 Å². The van der Waals surface area contributed by atoms with Gasteiger partial charge in [-0.3, -0.25) is 34.5 Å². The largest absolute Gasteiger partial charge is 0.375 e. The van der Waals surface area contributed by atoms with Gasteiger partial charge in [0.05, 0.1) is 28.6 Å². The van der Waals surface area contributed by atoms with E-state index in [9.17, 15) is 14.4 Å². The van der Waals surface area contributed by atoms with Gasteiger partial charge in [-0.05, 0) is 49.3 Å². The molecule has 8 nitrogen and oxygen atoms in total. The third kappa shape index (κ3) is 4.32. The van der Waals surface area contributed by atoms with Crippen molar-refractivity contribution < 1.29 is 24.6 Å². The molecule has 1 N–H and O–H groups in total. The van der Waals surface area contributed by atoms with E-state index in [1.54, 1.807) is 0 Å². The molecule has 1 unspecified atom stereocenters. The molecule has 1 spiro atoms. The fourth-order valence-corrected chi connectivity index (χ4v) is 6.48. The summed E-state index contributed by atoms with van der Waals surface area (Å²) in [6.45, 7) is 3.73. The number of rotatable bonds is 5. The van der Waals surface area contributed by atoms with Gasteiger partial charge in [0, 0.05) is 55.4 Å². The molecule has 4 aliphatic rings. The zero-order valence-electron chi connectivity index (χ0n) is 25.6. The Kier molecular flexibility index (Phi) is 4.97. The van der Waals surface area contributed by atoms with Gasteiger partial charge in [0.2, 0.25) is 11.8 Å².